The number of allylic oxidation sites excluding steroid dienone is 1. The lowest BCUT2D eigenvalue weighted by atomic mass is 9.86. The number of ether oxygens (including phenoxy) is 1. The first-order valence-corrected chi connectivity index (χ1v) is 10.2. The van der Waals surface area contributed by atoms with Gasteiger partial charge in [0.1, 0.15) is 5.72 Å². The molecule has 26 heavy (non-hydrogen) atoms. The van der Waals surface area contributed by atoms with Crippen LogP contribution in [0.1, 0.15) is 44.6 Å². The van der Waals surface area contributed by atoms with E-state index in [2.05, 4.69) is 54.3 Å². The molecule has 1 heterocycles. The van der Waals surface area contributed by atoms with Crippen molar-refractivity contribution in [3.63, 3.8) is 0 Å². The van der Waals surface area contributed by atoms with Crippen molar-refractivity contribution in [2.45, 2.75) is 44.8 Å². The maximum atomic E-state index is 5.90. The Labute approximate surface area is 156 Å². The predicted octanol–water partition coefficient (Wildman–Crippen LogP) is 5.48. The van der Waals surface area contributed by atoms with Crippen molar-refractivity contribution < 1.29 is 4.74 Å². The Kier molecular flexibility index (Phi) is 3.95. The lowest BCUT2D eigenvalue weighted by molar-refractivity contribution is -0.0938. The van der Waals surface area contributed by atoms with Crippen molar-refractivity contribution in [2.75, 3.05) is 20.2 Å². The van der Waals surface area contributed by atoms with Crippen LogP contribution in [0.2, 0.25) is 0 Å². The van der Waals surface area contributed by atoms with Gasteiger partial charge in [0.05, 0.1) is 0 Å². The SMILES string of the molecule is CO[C@]1(C)CCCN1CC1=C(c2ccc3ccccc3c2)C2CCC1C2. The fourth-order valence-corrected chi connectivity index (χ4v) is 5.71. The highest BCUT2D eigenvalue weighted by Gasteiger charge is 2.43. The molecule has 0 radical (unpaired) electrons. The van der Waals surface area contributed by atoms with E-state index in [0.717, 1.165) is 31.3 Å². The Bertz CT molecular complexity index is 869. The lowest BCUT2D eigenvalue weighted by Gasteiger charge is -2.36. The first-order chi connectivity index (χ1) is 12.7. The van der Waals surface area contributed by atoms with Crippen molar-refractivity contribution in [1.82, 2.24) is 4.90 Å². The first kappa shape index (κ1) is 16.5. The van der Waals surface area contributed by atoms with Gasteiger partial charge in [-0.1, -0.05) is 36.4 Å². The zero-order valence-electron chi connectivity index (χ0n) is 16.0. The standard InChI is InChI=1S/C24H29NO/c1-24(26-2)12-5-13-25(24)16-22-19-9-11-21(15-19)23(22)20-10-8-17-6-3-4-7-18(17)14-20/h3-4,6-8,10,14,19,21H,5,9,11-13,15-16H2,1-2H3/t19?,21?,24-/m1/s1. The van der Waals surface area contributed by atoms with Crippen molar-refractivity contribution >= 4 is 16.3 Å². The molecular formula is C24H29NO. The van der Waals surface area contributed by atoms with Crippen LogP contribution >= 0.6 is 0 Å². The van der Waals surface area contributed by atoms with Gasteiger partial charge >= 0.3 is 0 Å². The molecule has 1 saturated heterocycles. The number of methoxy groups -OCH3 is 1. The van der Waals surface area contributed by atoms with E-state index in [1.54, 1.807) is 11.1 Å². The van der Waals surface area contributed by atoms with Gasteiger partial charge in [0, 0.05) is 20.2 Å². The molecule has 136 valence electrons. The summed E-state index contributed by atoms with van der Waals surface area (Å²) < 4.78 is 5.90. The van der Waals surface area contributed by atoms with E-state index in [9.17, 15) is 0 Å². The Morgan fingerprint density at radius 2 is 1.88 bits per heavy atom. The number of rotatable bonds is 4. The number of likely N-dealkylation sites (tertiary alicyclic amines) is 1. The Balaban J connectivity index is 1.55. The van der Waals surface area contributed by atoms with E-state index < -0.39 is 0 Å². The summed E-state index contributed by atoms with van der Waals surface area (Å²) in [4.78, 5) is 2.59. The van der Waals surface area contributed by atoms with E-state index >= 15 is 0 Å². The minimum atomic E-state index is -0.0800. The lowest BCUT2D eigenvalue weighted by Crippen LogP contribution is -2.44. The zero-order chi connectivity index (χ0) is 17.7. The van der Waals surface area contributed by atoms with Gasteiger partial charge in [-0.25, -0.2) is 0 Å². The fourth-order valence-electron chi connectivity index (χ4n) is 5.71. The molecule has 3 atom stereocenters. The molecule has 1 aliphatic heterocycles. The largest absolute Gasteiger partial charge is 0.364 e. The van der Waals surface area contributed by atoms with Gasteiger partial charge in [-0.2, -0.15) is 0 Å². The van der Waals surface area contributed by atoms with E-state index in [4.69, 9.17) is 4.74 Å². The molecule has 0 amide bonds. The summed E-state index contributed by atoms with van der Waals surface area (Å²) >= 11 is 0. The molecule has 2 bridgehead atoms. The van der Waals surface area contributed by atoms with Gasteiger partial charge in [-0.3, -0.25) is 4.90 Å². The summed E-state index contributed by atoms with van der Waals surface area (Å²) in [7, 11) is 1.87. The highest BCUT2D eigenvalue weighted by Crippen LogP contribution is 2.53. The second-order valence-electron chi connectivity index (χ2n) is 8.61. The summed E-state index contributed by atoms with van der Waals surface area (Å²) in [5.41, 5.74) is 4.76. The van der Waals surface area contributed by atoms with Gasteiger partial charge in [-0.05, 0) is 84.4 Å². The number of benzene rings is 2. The number of hydrogen-bond acceptors (Lipinski definition) is 2. The number of nitrogens with zero attached hydrogens (tertiary/aromatic N) is 1. The molecule has 2 nitrogen and oxygen atoms in total. The van der Waals surface area contributed by atoms with Crippen LogP contribution in [0.5, 0.6) is 0 Å². The fraction of sp³-hybridized carbons (Fsp3) is 0.500. The van der Waals surface area contributed by atoms with Gasteiger partial charge in [0.25, 0.3) is 0 Å². The van der Waals surface area contributed by atoms with E-state index in [1.165, 1.54) is 42.0 Å². The van der Waals surface area contributed by atoms with E-state index in [1.807, 2.05) is 7.11 Å². The van der Waals surface area contributed by atoms with Gasteiger partial charge < -0.3 is 4.74 Å². The molecule has 2 unspecified atom stereocenters. The summed E-state index contributed by atoms with van der Waals surface area (Å²) in [6.45, 7) is 4.52. The molecule has 2 aromatic rings. The monoisotopic (exact) mass is 347 g/mol. The van der Waals surface area contributed by atoms with Crippen LogP contribution in [0.4, 0.5) is 0 Å². The minimum Gasteiger partial charge on any atom is -0.364 e. The van der Waals surface area contributed by atoms with Gasteiger partial charge in [0.15, 0.2) is 0 Å². The molecule has 2 aromatic carbocycles. The minimum absolute atomic E-state index is 0.0800. The summed E-state index contributed by atoms with van der Waals surface area (Å²) in [5, 5.41) is 2.70. The molecule has 2 heteroatoms. The Morgan fingerprint density at radius 1 is 1.08 bits per heavy atom. The summed E-state index contributed by atoms with van der Waals surface area (Å²) in [6.07, 6.45) is 6.52. The van der Waals surface area contributed by atoms with Gasteiger partial charge in [0.2, 0.25) is 0 Å². The van der Waals surface area contributed by atoms with Crippen LogP contribution in [0.3, 0.4) is 0 Å². The zero-order valence-corrected chi connectivity index (χ0v) is 16.0. The maximum absolute atomic E-state index is 5.90. The van der Waals surface area contributed by atoms with Crippen LogP contribution in [-0.2, 0) is 4.74 Å². The second kappa shape index (κ2) is 6.21. The molecule has 3 aliphatic rings. The average molecular weight is 348 g/mol. The molecule has 0 N–H and O–H groups in total. The van der Waals surface area contributed by atoms with Crippen LogP contribution in [0, 0.1) is 11.8 Å². The molecule has 5 rings (SSSR count). The predicted molar refractivity (Wildman–Crippen MR) is 108 cm³/mol. The highest BCUT2D eigenvalue weighted by atomic mass is 16.5. The topological polar surface area (TPSA) is 12.5 Å². The molecule has 2 aliphatic carbocycles. The average Bonchev–Trinajstić information content (AvgIpc) is 3.37. The van der Waals surface area contributed by atoms with Crippen LogP contribution < -0.4 is 0 Å². The van der Waals surface area contributed by atoms with E-state index in [-0.39, 0.29) is 5.72 Å². The van der Waals surface area contributed by atoms with Crippen LogP contribution in [0.15, 0.2) is 48.0 Å². The molecule has 2 fully saturated rings. The Hall–Kier alpha value is -1.64. The van der Waals surface area contributed by atoms with Crippen LogP contribution in [-0.4, -0.2) is 30.8 Å². The number of hydrogen-bond donors (Lipinski definition) is 0. The van der Waals surface area contributed by atoms with Gasteiger partial charge in [-0.15, -0.1) is 0 Å². The molecule has 1 saturated carbocycles. The quantitative estimate of drug-likeness (QED) is 0.726. The summed E-state index contributed by atoms with van der Waals surface area (Å²) in [5.74, 6) is 1.57. The molecular weight excluding hydrogens is 318 g/mol. The molecule has 0 aromatic heterocycles. The van der Waals surface area contributed by atoms with Crippen molar-refractivity contribution in [3.8, 4) is 0 Å². The third kappa shape index (κ3) is 2.54. The normalized spacial score (nSPS) is 31.5. The van der Waals surface area contributed by atoms with E-state index in [0.29, 0.717) is 0 Å². The van der Waals surface area contributed by atoms with Crippen LogP contribution in [0.25, 0.3) is 16.3 Å². The smallest absolute Gasteiger partial charge is 0.118 e. The van der Waals surface area contributed by atoms with Crippen molar-refractivity contribution in [1.29, 1.82) is 0 Å². The third-order valence-electron chi connectivity index (χ3n) is 7.28. The first-order valence-electron chi connectivity index (χ1n) is 10.2. The maximum Gasteiger partial charge on any atom is 0.118 e. The third-order valence-corrected chi connectivity index (χ3v) is 7.28. The summed E-state index contributed by atoms with van der Waals surface area (Å²) in [6, 6.07) is 15.8. The highest BCUT2D eigenvalue weighted by molar-refractivity contribution is 5.87. The van der Waals surface area contributed by atoms with Crippen molar-refractivity contribution in [2.24, 2.45) is 11.8 Å². The van der Waals surface area contributed by atoms with Crippen molar-refractivity contribution in [3.05, 3.63) is 53.6 Å². The second-order valence-corrected chi connectivity index (χ2v) is 8.61. The Morgan fingerprint density at radius 3 is 2.73 bits per heavy atom. The molecule has 0 spiro atoms. The number of fused-ring (bicyclic) bond motifs is 3.